The molecular weight excluding hydrogens is 245 g/mol. The number of anilines is 1. The summed E-state index contributed by atoms with van der Waals surface area (Å²) in [5.74, 6) is 0.0941. The fourth-order valence-corrected chi connectivity index (χ4v) is 2.29. The van der Waals surface area contributed by atoms with Gasteiger partial charge in [-0.1, -0.05) is 0 Å². The number of hydrogen-bond acceptors (Lipinski definition) is 3. The first-order chi connectivity index (χ1) is 9.06. The molecule has 1 heterocycles. The molecule has 1 aliphatic heterocycles. The van der Waals surface area contributed by atoms with Gasteiger partial charge in [0.1, 0.15) is 5.82 Å². The number of benzene rings is 1. The van der Waals surface area contributed by atoms with Gasteiger partial charge in [0.2, 0.25) is 5.91 Å². The summed E-state index contributed by atoms with van der Waals surface area (Å²) in [4.78, 5) is 13.6. The Morgan fingerprint density at radius 2 is 2.21 bits per heavy atom. The second-order valence-electron chi connectivity index (χ2n) is 5.11. The van der Waals surface area contributed by atoms with Gasteiger partial charge in [0.05, 0.1) is 6.04 Å². The Morgan fingerprint density at radius 1 is 1.53 bits per heavy atom. The lowest BCUT2D eigenvalue weighted by Gasteiger charge is -2.19. The van der Waals surface area contributed by atoms with Gasteiger partial charge in [-0.15, -0.1) is 0 Å². The molecule has 2 atom stereocenters. The zero-order chi connectivity index (χ0) is 13.8. The van der Waals surface area contributed by atoms with Gasteiger partial charge in [-0.25, -0.2) is 4.39 Å². The molecule has 2 unspecified atom stereocenters. The molecule has 1 aromatic rings. The third-order valence-electron chi connectivity index (χ3n) is 3.46. The first kappa shape index (κ1) is 13.8. The van der Waals surface area contributed by atoms with Crippen LogP contribution in [-0.4, -0.2) is 31.6 Å². The molecule has 19 heavy (non-hydrogen) atoms. The van der Waals surface area contributed by atoms with Gasteiger partial charge in [-0.3, -0.25) is 4.79 Å². The summed E-state index contributed by atoms with van der Waals surface area (Å²) < 4.78 is 12.9. The van der Waals surface area contributed by atoms with E-state index in [2.05, 4.69) is 10.2 Å². The topological polar surface area (TPSA) is 58.4 Å². The van der Waals surface area contributed by atoms with Crippen LogP contribution in [0.5, 0.6) is 0 Å². The standard InChI is InChI=1S/C14H20FN3O/c1-10(16)14(19)17-8-11-6-7-18(9-11)13-4-2-12(15)3-5-13/h2-5,10-11H,6-9,16H2,1H3,(H,17,19). The summed E-state index contributed by atoms with van der Waals surface area (Å²) >= 11 is 0. The third-order valence-corrected chi connectivity index (χ3v) is 3.46. The third kappa shape index (κ3) is 3.67. The molecule has 0 aromatic heterocycles. The molecule has 0 radical (unpaired) electrons. The zero-order valence-corrected chi connectivity index (χ0v) is 11.1. The van der Waals surface area contributed by atoms with Gasteiger partial charge in [0.25, 0.3) is 0 Å². The van der Waals surface area contributed by atoms with E-state index in [0.717, 1.165) is 25.2 Å². The number of carbonyl (C=O) groups excluding carboxylic acids is 1. The molecule has 1 aromatic carbocycles. The van der Waals surface area contributed by atoms with E-state index >= 15 is 0 Å². The quantitative estimate of drug-likeness (QED) is 0.857. The number of hydrogen-bond donors (Lipinski definition) is 2. The molecule has 4 nitrogen and oxygen atoms in total. The number of nitrogens with one attached hydrogen (secondary N) is 1. The Kier molecular flexibility index (Phi) is 4.37. The largest absolute Gasteiger partial charge is 0.371 e. The zero-order valence-electron chi connectivity index (χ0n) is 11.1. The Balaban J connectivity index is 1.83. The van der Waals surface area contributed by atoms with Crippen molar-refractivity contribution in [3.05, 3.63) is 30.1 Å². The van der Waals surface area contributed by atoms with Crippen molar-refractivity contribution in [3.8, 4) is 0 Å². The summed E-state index contributed by atoms with van der Waals surface area (Å²) in [6.45, 7) is 4.14. The molecule has 0 aliphatic carbocycles. The highest BCUT2D eigenvalue weighted by molar-refractivity contribution is 5.80. The molecule has 1 saturated heterocycles. The minimum Gasteiger partial charge on any atom is -0.371 e. The molecule has 104 valence electrons. The van der Waals surface area contributed by atoms with Gasteiger partial charge >= 0.3 is 0 Å². The number of halogens is 1. The number of nitrogens with zero attached hydrogens (tertiary/aromatic N) is 1. The van der Waals surface area contributed by atoms with E-state index in [0.29, 0.717) is 12.5 Å². The van der Waals surface area contributed by atoms with Crippen LogP contribution in [0.1, 0.15) is 13.3 Å². The predicted octanol–water partition coefficient (Wildman–Crippen LogP) is 1.12. The maximum Gasteiger partial charge on any atom is 0.236 e. The molecule has 2 rings (SSSR count). The van der Waals surface area contributed by atoms with Crippen molar-refractivity contribution in [1.82, 2.24) is 5.32 Å². The van der Waals surface area contributed by atoms with Crippen LogP contribution in [0, 0.1) is 11.7 Å². The maximum absolute atomic E-state index is 12.9. The van der Waals surface area contributed by atoms with Crippen LogP contribution in [0.15, 0.2) is 24.3 Å². The van der Waals surface area contributed by atoms with Crippen LogP contribution < -0.4 is 16.0 Å². The fraction of sp³-hybridized carbons (Fsp3) is 0.500. The number of carbonyl (C=O) groups is 1. The second kappa shape index (κ2) is 6.02. The lowest BCUT2D eigenvalue weighted by Crippen LogP contribution is -2.40. The molecule has 0 saturated carbocycles. The van der Waals surface area contributed by atoms with Crippen molar-refractivity contribution < 1.29 is 9.18 Å². The van der Waals surface area contributed by atoms with Gasteiger partial charge in [-0.05, 0) is 43.5 Å². The van der Waals surface area contributed by atoms with Crippen LogP contribution in [-0.2, 0) is 4.79 Å². The number of amides is 1. The minimum absolute atomic E-state index is 0.111. The Hall–Kier alpha value is -1.62. The van der Waals surface area contributed by atoms with E-state index in [1.807, 2.05) is 0 Å². The van der Waals surface area contributed by atoms with Gasteiger partial charge in [-0.2, -0.15) is 0 Å². The summed E-state index contributed by atoms with van der Waals surface area (Å²) in [6, 6.07) is 6.06. The van der Waals surface area contributed by atoms with Gasteiger partial charge < -0.3 is 16.0 Å². The van der Waals surface area contributed by atoms with Crippen molar-refractivity contribution in [2.45, 2.75) is 19.4 Å². The molecular formula is C14H20FN3O. The molecule has 5 heteroatoms. The van der Waals surface area contributed by atoms with E-state index in [9.17, 15) is 9.18 Å². The molecule has 1 amide bonds. The maximum atomic E-state index is 12.9. The number of rotatable bonds is 4. The average molecular weight is 265 g/mol. The van der Waals surface area contributed by atoms with E-state index in [4.69, 9.17) is 5.73 Å². The first-order valence-corrected chi connectivity index (χ1v) is 6.60. The summed E-state index contributed by atoms with van der Waals surface area (Å²) in [6.07, 6.45) is 1.02. The van der Waals surface area contributed by atoms with Gasteiger partial charge in [0, 0.05) is 25.3 Å². The van der Waals surface area contributed by atoms with Crippen molar-refractivity contribution in [1.29, 1.82) is 0 Å². The molecule has 3 N–H and O–H groups in total. The van der Waals surface area contributed by atoms with Crippen molar-refractivity contribution in [2.75, 3.05) is 24.5 Å². The Morgan fingerprint density at radius 3 is 2.84 bits per heavy atom. The average Bonchev–Trinajstić information content (AvgIpc) is 2.85. The lowest BCUT2D eigenvalue weighted by molar-refractivity contribution is -0.122. The monoisotopic (exact) mass is 265 g/mol. The van der Waals surface area contributed by atoms with E-state index < -0.39 is 6.04 Å². The normalized spacial score (nSPS) is 20.4. The predicted molar refractivity (Wildman–Crippen MR) is 73.4 cm³/mol. The highest BCUT2D eigenvalue weighted by atomic mass is 19.1. The van der Waals surface area contributed by atoms with E-state index in [-0.39, 0.29) is 11.7 Å². The number of nitrogens with two attached hydrogens (primary N) is 1. The van der Waals surface area contributed by atoms with Crippen LogP contribution in [0.2, 0.25) is 0 Å². The lowest BCUT2D eigenvalue weighted by atomic mass is 10.1. The van der Waals surface area contributed by atoms with Crippen molar-refractivity contribution >= 4 is 11.6 Å². The summed E-state index contributed by atoms with van der Waals surface area (Å²) in [7, 11) is 0. The minimum atomic E-state index is -0.463. The molecule has 1 fully saturated rings. The second-order valence-corrected chi connectivity index (χ2v) is 5.11. The molecule has 0 spiro atoms. The summed E-state index contributed by atoms with van der Waals surface area (Å²) in [5.41, 5.74) is 6.53. The van der Waals surface area contributed by atoms with Crippen LogP contribution in [0.3, 0.4) is 0 Å². The molecule has 1 aliphatic rings. The fourth-order valence-electron chi connectivity index (χ4n) is 2.29. The Labute approximate surface area is 112 Å². The van der Waals surface area contributed by atoms with Crippen LogP contribution in [0.4, 0.5) is 10.1 Å². The van der Waals surface area contributed by atoms with Gasteiger partial charge in [0.15, 0.2) is 0 Å². The smallest absolute Gasteiger partial charge is 0.236 e. The Bertz CT molecular complexity index is 433. The summed E-state index contributed by atoms with van der Waals surface area (Å²) in [5, 5.41) is 2.85. The van der Waals surface area contributed by atoms with Crippen LogP contribution >= 0.6 is 0 Å². The van der Waals surface area contributed by atoms with E-state index in [1.165, 1.54) is 12.1 Å². The van der Waals surface area contributed by atoms with Crippen molar-refractivity contribution in [3.63, 3.8) is 0 Å². The highest BCUT2D eigenvalue weighted by Crippen LogP contribution is 2.23. The van der Waals surface area contributed by atoms with Crippen LogP contribution in [0.25, 0.3) is 0 Å². The van der Waals surface area contributed by atoms with E-state index in [1.54, 1.807) is 19.1 Å². The highest BCUT2D eigenvalue weighted by Gasteiger charge is 2.23. The molecule has 0 bridgehead atoms. The van der Waals surface area contributed by atoms with Crippen molar-refractivity contribution in [2.24, 2.45) is 11.7 Å². The SMILES string of the molecule is CC(N)C(=O)NCC1CCN(c2ccc(F)cc2)C1. The first-order valence-electron chi connectivity index (χ1n) is 6.60.